The van der Waals surface area contributed by atoms with Crippen LogP contribution in [-0.4, -0.2) is 31.4 Å². The first kappa shape index (κ1) is 20.0. The van der Waals surface area contributed by atoms with E-state index in [2.05, 4.69) is 4.98 Å². The highest BCUT2D eigenvalue weighted by atomic mass is 16.5. The van der Waals surface area contributed by atoms with E-state index in [4.69, 9.17) is 9.15 Å². The molecule has 0 saturated heterocycles. The van der Waals surface area contributed by atoms with Crippen LogP contribution in [0.15, 0.2) is 70.0 Å². The molecule has 5 aromatic rings. The van der Waals surface area contributed by atoms with Gasteiger partial charge in [-0.05, 0) is 41.8 Å². The van der Waals surface area contributed by atoms with Crippen molar-refractivity contribution in [2.24, 2.45) is 0 Å². The molecule has 9 nitrogen and oxygen atoms in total. The number of H-pyrrole nitrogens is 1. The number of ether oxygens (including phenoxy) is 1. The van der Waals surface area contributed by atoms with Crippen molar-refractivity contribution < 1.29 is 34.4 Å². The Hall–Kier alpha value is -4.92. The number of hydrogen-bond donors (Lipinski definition) is 5. The van der Waals surface area contributed by atoms with Gasteiger partial charge in [0.15, 0.2) is 17.3 Å². The first-order valence-corrected chi connectivity index (χ1v) is 9.66. The van der Waals surface area contributed by atoms with Gasteiger partial charge in [-0.1, -0.05) is 6.07 Å². The number of esters is 1. The van der Waals surface area contributed by atoms with Crippen molar-refractivity contribution in [3.63, 3.8) is 0 Å². The molecular formula is C24H15NO8. The van der Waals surface area contributed by atoms with Gasteiger partial charge in [-0.15, -0.1) is 0 Å². The van der Waals surface area contributed by atoms with Crippen LogP contribution < -0.4 is 10.2 Å². The van der Waals surface area contributed by atoms with Gasteiger partial charge in [0, 0.05) is 29.4 Å². The Kier molecular flexibility index (Phi) is 4.45. The zero-order chi connectivity index (χ0) is 23.3. The van der Waals surface area contributed by atoms with Crippen LogP contribution in [0.5, 0.6) is 28.7 Å². The summed E-state index contributed by atoms with van der Waals surface area (Å²) in [5, 5.41) is 40.1. The van der Waals surface area contributed by atoms with E-state index in [0.29, 0.717) is 5.52 Å². The number of aromatic amines is 1. The van der Waals surface area contributed by atoms with E-state index in [1.807, 2.05) is 6.07 Å². The van der Waals surface area contributed by atoms with Crippen molar-refractivity contribution in [3.05, 3.63) is 76.6 Å². The van der Waals surface area contributed by atoms with Crippen molar-refractivity contribution in [1.29, 1.82) is 0 Å². The molecule has 0 atom stereocenters. The van der Waals surface area contributed by atoms with Gasteiger partial charge >= 0.3 is 5.97 Å². The Bertz CT molecular complexity index is 1630. The van der Waals surface area contributed by atoms with Crippen molar-refractivity contribution in [3.8, 4) is 40.1 Å². The summed E-state index contributed by atoms with van der Waals surface area (Å²) in [6.07, 6.45) is 1.71. The average molecular weight is 445 g/mol. The summed E-state index contributed by atoms with van der Waals surface area (Å²) in [6.45, 7) is 0. The summed E-state index contributed by atoms with van der Waals surface area (Å²) in [5.41, 5.74) is -0.0984. The molecule has 0 saturated carbocycles. The minimum Gasteiger partial charge on any atom is -0.508 e. The van der Waals surface area contributed by atoms with Gasteiger partial charge < -0.3 is 34.6 Å². The molecule has 0 aliphatic heterocycles. The maximum atomic E-state index is 13.2. The van der Waals surface area contributed by atoms with Gasteiger partial charge in [-0.25, -0.2) is 4.79 Å². The molecule has 164 valence electrons. The lowest BCUT2D eigenvalue weighted by atomic mass is 10.1. The molecule has 0 radical (unpaired) electrons. The van der Waals surface area contributed by atoms with Crippen LogP contribution in [0.2, 0.25) is 0 Å². The fourth-order valence-electron chi connectivity index (χ4n) is 3.54. The highest BCUT2D eigenvalue weighted by molar-refractivity contribution is 5.97. The van der Waals surface area contributed by atoms with Crippen LogP contribution in [-0.2, 0) is 0 Å². The predicted octanol–water partition coefficient (Wildman–Crippen LogP) is 3.98. The first-order valence-electron chi connectivity index (χ1n) is 9.66. The highest BCUT2D eigenvalue weighted by Gasteiger charge is 2.24. The Morgan fingerprint density at radius 3 is 2.48 bits per heavy atom. The number of carbonyl (C=O) groups is 1. The van der Waals surface area contributed by atoms with E-state index in [-0.39, 0.29) is 33.6 Å². The molecule has 0 aliphatic rings. The van der Waals surface area contributed by atoms with E-state index >= 15 is 0 Å². The molecule has 0 unspecified atom stereocenters. The Morgan fingerprint density at radius 1 is 0.879 bits per heavy atom. The molecule has 0 fully saturated rings. The Balaban J connectivity index is 1.71. The van der Waals surface area contributed by atoms with E-state index in [1.54, 1.807) is 18.3 Å². The second kappa shape index (κ2) is 7.34. The number of aromatic nitrogens is 1. The minimum absolute atomic E-state index is 0.106. The van der Waals surface area contributed by atoms with E-state index in [9.17, 15) is 30.0 Å². The van der Waals surface area contributed by atoms with Crippen LogP contribution in [0.25, 0.3) is 33.2 Å². The molecular weight excluding hydrogens is 430 g/mol. The molecule has 0 amide bonds. The van der Waals surface area contributed by atoms with E-state index in [1.165, 1.54) is 18.2 Å². The summed E-state index contributed by atoms with van der Waals surface area (Å²) in [4.78, 5) is 29.1. The number of benzene rings is 3. The van der Waals surface area contributed by atoms with Crippen LogP contribution >= 0.6 is 0 Å². The second-order valence-corrected chi connectivity index (χ2v) is 7.30. The van der Waals surface area contributed by atoms with Gasteiger partial charge in [-0.2, -0.15) is 0 Å². The Labute approximate surface area is 184 Å². The monoisotopic (exact) mass is 445 g/mol. The molecule has 9 heteroatoms. The van der Waals surface area contributed by atoms with E-state index < -0.39 is 34.4 Å². The van der Waals surface area contributed by atoms with Crippen LogP contribution in [0, 0.1) is 0 Å². The number of fused-ring (bicyclic) bond motifs is 2. The third-order valence-corrected chi connectivity index (χ3v) is 5.14. The Morgan fingerprint density at radius 2 is 1.70 bits per heavy atom. The molecule has 3 aromatic carbocycles. The third kappa shape index (κ3) is 3.37. The number of hydrogen-bond acceptors (Lipinski definition) is 8. The molecule has 2 aromatic heterocycles. The number of rotatable bonds is 3. The smallest absolute Gasteiger partial charge is 0.343 e. The lowest BCUT2D eigenvalue weighted by Gasteiger charge is -2.12. The number of phenols is 4. The minimum atomic E-state index is -0.870. The fraction of sp³-hybridized carbons (Fsp3) is 0. The molecule has 0 spiro atoms. The maximum Gasteiger partial charge on any atom is 0.343 e. The first-order chi connectivity index (χ1) is 15.8. The second-order valence-electron chi connectivity index (χ2n) is 7.30. The van der Waals surface area contributed by atoms with Gasteiger partial charge in [0.05, 0.1) is 5.56 Å². The van der Waals surface area contributed by atoms with Crippen molar-refractivity contribution >= 4 is 27.8 Å². The summed E-state index contributed by atoms with van der Waals surface area (Å²) in [6, 6.07) is 12.3. The zero-order valence-corrected chi connectivity index (χ0v) is 16.7. The zero-order valence-electron chi connectivity index (χ0n) is 16.7. The van der Waals surface area contributed by atoms with Crippen LogP contribution in [0.4, 0.5) is 0 Å². The van der Waals surface area contributed by atoms with Crippen molar-refractivity contribution in [2.75, 3.05) is 0 Å². The third-order valence-electron chi connectivity index (χ3n) is 5.14. The van der Waals surface area contributed by atoms with Crippen molar-refractivity contribution in [2.45, 2.75) is 0 Å². The number of phenolic OH excluding ortho intramolecular Hbond substituents is 4. The van der Waals surface area contributed by atoms with Crippen LogP contribution in [0.1, 0.15) is 10.4 Å². The summed E-state index contributed by atoms with van der Waals surface area (Å²) in [7, 11) is 0. The standard InChI is InChI=1S/C24H15NO8/c26-14-9-18(29)20-19(10-14)32-22(12-3-4-16(27)17(28)8-12)23(21(20)30)33-24(31)13-2-1-11-5-6-25-15(11)7-13/h1-10,25-29H. The molecule has 33 heavy (non-hydrogen) atoms. The lowest BCUT2D eigenvalue weighted by Crippen LogP contribution is -2.16. The normalized spacial score (nSPS) is 11.2. The van der Waals surface area contributed by atoms with Gasteiger partial charge in [0.2, 0.25) is 11.2 Å². The molecule has 5 rings (SSSR count). The number of nitrogens with one attached hydrogen (secondary N) is 1. The quantitative estimate of drug-likeness (QED) is 0.206. The van der Waals surface area contributed by atoms with Crippen molar-refractivity contribution in [1.82, 2.24) is 4.98 Å². The molecule has 0 aliphatic carbocycles. The maximum absolute atomic E-state index is 13.2. The summed E-state index contributed by atoms with van der Waals surface area (Å²) in [5.74, 6) is -3.47. The van der Waals surface area contributed by atoms with E-state index in [0.717, 1.165) is 23.6 Å². The fourth-order valence-corrected chi connectivity index (χ4v) is 3.54. The SMILES string of the molecule is O=C(Oc1c(-c2ccc(O)c(O)c2)oc2cc(O)cc(O)c2c1=O)c1ccc2cc[nH]c2c1. The van der Waals surface area contributed by atoms with Gasteiger partial charge in [0.25, 0.3) is 0 Å². The largest absolute Gasteiger partial charge is 0.508 e. The number of carbonyl (C=O) groups excluding carboxylic acids is 1. The average Bonchev–Trinajstić information content (AvgIpc) is 3.24. The van der Waals surface area contributed by atoms with Gasteiger partial charge in [-0.3, -0.25) is 4.79 Å². The molecule has 5 N–H and O–H groups in total. The molecule has 2 heterocycles. The van der Waals surface area contributed by atoms with Gasteiger partial charge in [0.1, 0.15) is 22.5 Å². The predicted molar refractivity (Wildman–Crippen MR) is 118 cm³/mol. The number of aromatic hydroxyl groups is 4. The topological polar surface area (TPSA) is 153 Å². The lowest BCUT2D eigenvalue weighted by molar-refractivity contribution is 0.0731. The summed E-state index contributed by atoms with van der Waals surface area (Å²) >= 11 is 0. The molecule has 0 bridgehead atoms. The van der Waals surface area contributed by atoms with Crippen LogP contribution in [0.3, 0.4) is 0 Å². The highest BCUT2D eigenvalue weighted by Crippen LogP contribution is 2.38. The summed E-state index contributed by atoms with van der Waals surface area (Å²) < 4.78 is 11.1.